The molecule has 0 aliphatic carbocycles. The molecule has 2 rings (SSSR count). The largest absolute Gasteiger partial charge is 0.388 e. The Balaban J connectivity index is 3.10. The van der Waals surface area contributed by atoms with Gasteiger partial charge in [0.1, 0.15) is 4.90 Å². The number of rotatable bonds is 3. The molecule has 3 N–H and O–H groups in total. The van der Waals surface area contributed by atoms with Gasteiger partial charge in [0.05, 0.1) is 4.90 Å². The summed E-state index contributed by atoms with van der Waals surface area (Å²) < 4.78 is 64.0. The van der Waals surface area contributed by atoms with E-state index in [1.54, 1.807) is 26.1 Å². The number of benzene rings is 2. The van der Waals surface area contributed by atoms with Gasteiger partial charge in [-0.25, -0.2) is 0 Å². The van der Waals surface area contributed by atoms with Crippen LogP contribution in [0.15, 0.2) is 34.1 Å². The number of hydrogen-bond donors (Lipinski definition) is 3. The number of anilines is 1. The van der Waals surface area contributed by atoms with E-state index in [-0.39, 0.29) is 10.8 Å². The Morgan fingerprint density at radius 2 is 1.57 bits per heavy atom. The van der Waals surface area contributed by atoms with Crippen molar-refractivity contribution in [3.63, 3.8) is 0 Å². The minimum atomic E-state index is -4.67. The molecule has 0 aliphatic heterocycles. The molecule has 7 nitrogen and oxygen atoms in total. The molecule has 0 spiro atoms. The van der Waals surface area contributed by atoms with Gasteiger partial charge in [0.15, 0.2) is 0 Å². The van der Waals surface area contributed by atoms with Crippen molar-refractivity contribution >= 4 is 36.7 Å². The van der Waals surface area contributed by atoms with Crippen LogP contribution >= 0.6 is 0 Å². The van der Waals surface area contributed by atoms with Crippen LogP contribution in [0.3, 0.4) is 0 Å². The fraction of sp³-hybridized carbons (Fsp3) is 0.167. The first-order valence-corrected chi connectivity index (χ1v) is 8.63. The average molecular weight is 331 g/mol. The quantitative estimate of drug-likeness (QED) is 0.732. The predicted octanol–water partition coefficient (Wildman–Crippen LogP) is 1.68. The summed E-state index contributed by atoms with van der Waals surface area (Å²) in [7, 11) is -7.71. The molecule has 0 aromatic heterocycles. The molecule has 0 aliphatic rings. The van der Waals surface area contributed by atoms with E-state index in [1.165, 1.54) is 0 Å². The molecule has 0 unspecified atom stereocenters. The molecular formula is C12H13NO6S2. The highest BCUT2D eigenvalue weighted by Crippen LogP contribution is 2.33. The number of aryl methyl sites for hydroxylation is 1. The normalized spacial score (nSPS) is 12.6. The molecular weight excluding hydrogens is 318 g/mol. The molecule has 2 aromatic rings. The fourth-order valence-corrected chi connectivity index (χ4v) is 3.53. The second-order valence-corrected chi connectivity index (χ2v) is 7.34. The Bertz CT molecular complexity index is 932. The van der Waals surface area contributed by atoms with Gasteiger partial charge in [-0.2, -0.15) is 16.8 Å². The molecule has 0 saturated carbocycles. The van der Waals surface area contributed by atoms with Crippen LogP contribution in [-0.4, -0.2) is 33.0 Å². The second kappa shape index (κ2) is 4.95. The Kier molecular flexibility index (Phi) is 3.70. The van der Waals surface area contributed by atoms with Gasteiger partial charge in [-0.15, -0.1) is 0 Å². The lowest BCUT2D eigenvalue weighted by Gasteiger charge is -2.12. The summed E-state index contributed by atoms with van der Waals surface area (Å²) in [5, 5.41) is 3.21. The van der Waals surface area contributed by atoms with Gasteiger partial charge in [0, 0.05) is 18.1 Å². The number of hydrogen-bond acceptors (Lipinski definition) is 5. The Morgan fingerprint density at radius 3 is 2.05 bits per heavy atom. The molecule has 0 heterocycles. The summed E-state index contributed by atoms with van der Waals surface area (Å²) in [6.07, 6.45) is 0. The third kappa shape index (κ3) is 3.00. The smallest absolute Gasteiger partial charge is 0.295 e. The third-order valence-electron chi connectivity index (χ3n) is 2.98. The summed E-state index contributed by atoms with van der Waals surface area (Å²) in [5.74, 6) is 0. The van der Waals surface area contributed by atoms with Crippen LogP contribution in [0.25, 0.3) is 10.8 Å². The summed E-state index contributed by atoms with van der Waals surface area (Å²) in [5.41, 5.74) is 1.17. The van der Waals surface area contributed by atoms with Crippen molar-refractivity contribution in [1.29, 1.82) is 0 Å². The van der Waals surface area contributed by atoms with Crippen LogP contribution in [0.2, 0.25) is 0 Å². The van der Waals surface area contributed by atoms with Crippen molar-refractivity contribution < 1.29 is 25.9 Å². The zero-order valence-corrected chi connectivity index (χ0v) is 12.8. The van der Waals surface area contributed by atoms with Crippen molar-refractivity contribution in [1.82, 2.24) is 0 Å². The van der Waals surface area contributed by atoms with Crippen LogP contribution in [0, 0.1) is 6.92 Å². The highest BCUT2D eigenvalue weighted by Gasteiger charge is 2.22. The molecule has 0 amide bonds. The summed E-state index contributed by atoms with van der Waals surface area (Å²) in [6, 6.07) is 5.08. The third-order valence-corrected chi connectivity index (χ3v) is 4.69. The Morgan fingerprint density at radius 1 is 0.952 bits per heavy atom. The lowest BCUT2D eigenvalue weighted by molar-refractivity contribution is 0.482. The first-order chi connectivity index (χ1) is 9.54. The predicted molar refractivity (Wildman–Crippen MR) is 77.9 cm³/mol. The van der Waals surface area contributed by atoms with Crippen molar-refractivity contribution in [3.8, 4) is 0 Å². The van der Waals surface area contributed by atoms with Crippen molar-refractivity contribution in [2.75, 3.05) is 12.4 Å². The van der Waals surface area contributed by atoms with Crippen LogP contribution < -0.4 is 5.32 Å². The van der Waals surface area contributed by atoms with Gasteiger partial charge in [-0.05, 0) is 36.1 Å². The maximum atomic E-state index is 11.5. The van der Waals surface area contributed by atoms with E-state index >= 15 is 0 Å². The monoisotopic (exact) mass is 331 g/mol. The van der Waals surface area contributed by atoms with Crippen molar-refractivity contribution in [2.24, 2.45) is 0 Å². The second-order valence-electron chi connectivity index (χ2n) is 4.53. The van der Waals surface area contributed by atoms with E-state index in [2.05, 4.69) is 5.32 Å². The minimum absolute atomic E-state index is 0.151. The summed E-state index contributed by atoms with van der Waals surface area (Å²) in [4.78, 5) is -1.19. The van der Waals surface area contributed by atoms with E-state index in [0.717, 1.165) is 17.7 Å². The van der Waals surface area contributed by atoms with Crippen molar-refractivity contribution in [2.45, 2.75) is 16.7 Å². The lowest BCUT2D eigenvalue weighted by atomic mass is 10.1. The first kappa shape index (κ1) is 15.7. The van der Waals surface area contributed by atoms with E-state index in [4.69, 9.17) is 4.55 Å². The molecule has 0 fully saturated rings. The van der Waals surface area contributed by atoms with Gasteiger partial charge < -0.3 is 5.32 Å². The van der Waals surface area contributed by atoms with Gasteiger partial charge in [0.25, 0.3) is 20.2 Å². The van der Waals surface area contributed by atoms with Crippen LogP contribution in [0.1, 0.15) is 5.56 Å². The molecule has 0 saturated heterocycles. The van der Waals surface area contributed by atoms with E-state index < -0.39 is 30.0 Å². The van der Waals surface area contributed by atoms with Gasteiger partial charge in [-0.3, -0.25) is 9.11 Å². The zero-order valence-electron chi connectivity index (χ0n) is 11.2. The molecule has 2 aromatic carbocycles. The lowest BCUT2D eigenvalue weighted by Crippen LogP contribution is -2.06. The van der Waals surface area contributed by atoms with Crippen molar-refractivity contribution in [3.05, 3.63) is 29.8 Å². The highest BCUT2D eigenvalue weighted by molar-refractivity contribution is 7.86. The fourth-order valence-electron chi connectivity index (χ4n) is 2.15. The Hall–Kier alpha value is -1.68. The summed E-state index contributed by atoms with van der Waals surface area (Å²) in [6.45, 7) is 1.74. The number of nitrogens with one attached hydrogen (secondary N) is 1. The topological polar surface area (TPSA) is 121 Å². The van der Waals surface area contributed by atoms with E-state index in [9.17, 15) is 21.4 Å². The molecule has 21 heavy (non-hydrogen) atoms. The zero-order chi connectivity index (χ0) is 16.0. The molecule has 0 atom stereocenters. The summed E-state index contributed by atoms with van der Waals surface area (Å²) >= 11 is 0. The van der Waals surface area contributed by atoms with Gasteiger partial charge in [-0.1, -0.05) is 6.07 Å². The SMILES string of the molecule is CNc1cc(C)cc2cc(S(=O)(=O)O)cc(S(=O)(=O)O)c12. The van der Waals surface area contributed by atoms with Crippen LogP contribution in [0.4, 0.5) is 5.69 Å². The molecule has 0 radical (unpaired) electrons. The van der Waals surface area contributed by atoms with E-state index in [0.29, 0.717) is 5.69 Å². The molecule has 0 bridgehead atoms. The Labute approximate surface area is 122 Å². The number of fused-ring (bicyclic) bond motifs is 1. The van der Waals surface area contributed by atoms with Crippen LogP contribution in [-0.2, 0) is 20.2 Å². The minimum Gasteiger partial charge on any atom is -0.388 e. The standard InChI is InChI=1S/C12H13NO6S2/c1-7-3-8-5-9(20(14,15)16)6-11(21(17,18)19)12(8)10(4-7)13-2/h3-6,13H,1-2H3,(H,14,15,16)(H,17,18,19). The average Bonchev–Trinajstić information content (AvgIpc) is 2.33. The van der Waals surface area contributed by atoms with Gasteiger partial charge >= 0.3 is 0 Å². The highest BCUT2D eigenvalue weighted by atomic mass is 32.2. The van der Waals surface area contributed by atoms with Gasteiger partial charge in [0.2, 0.25) is 0 Å². The maximum Gasteiger partial charge on any atom is 0.295 e. The van der Waals surface area contributed by atoms with Crippen LogP contribution in [0.5, 0.6) is 0 Å². The molecule has 114 valence electrons. The molecule has 9 heteroatoms. The van der Waals surface area contributed by atoms with E-state index in [1.807, 2.05) is 0 Å². The first-order valence-electron chi connectivity index (χ1n) is 5.75. The maximum absolute atomic E-state index is 11.5.